The van der Waals surface area contributed by atoms with Crippen molar-refractivity contribution in [2.45, 2.75) is 39.3 Å². The molecule has 1 aliphatic rings. The second-order valence-corrected chi connectivity index (χ2v) is 7.85. The third kappa shape index (κ3) is 5.52. The smallest absolute Gasteiger partial charge is 0.266 e. The number of benzene rings is 1. The second kappa shape index (κ2) is 8.98. The van der Waals surface area contributed by atoms with Gasteiger partial charge in [-0.2, -0.15) is 5.26 Å². The standard InChI is InChI=1S/C20H24N4O2S/c1-14-7-9-24(10-8-14)12-17-13-27-20(22-17)23-19(25)15(2)26-18-5-3-16(11-21)4-6-18/h3-6,13-15H,7-10,12H2,1-2H3,(H,22,23,25). The quantitative estimate of drug-likeness (QED) is 0.822. The molecule has 3 rings (SSSR count). The summed E-state index contributed by atoms with van der Waals surface area (Å²) >= 11 is 1.43. The Bertz CT molecular complexity index is 804. The van der Waals surface area contributed by atoms with Gasteiger partial charge in [-0.05, 0) is 63.0 Å². The summed E-state index contributed by atoms with van der Waals surface area (Å²) in [6.07, 6.45) is 1.81. The van der Waals surface area contributed by atoms with Crippen LogP contribution in [0.25, 0.3) is 0 Å². The molecular weight excluding hydrogens is 360 g/mol. The van der Waals surface area contributed by atoms with E-state index >= 15 is 0 Å². The number of aromatic nitrogens is 1. The number of hydrogen-bond acceptors (Lipinski definition) is 6. The first-order chi connectivity index (χ1) is 13.0. The van der Waals surface area contributed by atoms with Crippen LogP contribution in [-0.4, -0.2) is 35.0 Å². The molecule has 27 heavy (non-hydrogen) atoms. The summed E-state index contributed by atoms with van der Waals surface area (Å²) < 4.78 is 5.63. The number of nitrogens with zero attached hydrogens (tertiary/aromatic N) is 3. The van der Waals surface area contributed by atoms with E-state index in [1.165, 1.54) is 24.2 Å². The summed E-state index contributed by atoms with van der Waals surface area (Å²) in [6, 6.07) is 8.74. The number of ether oxygens (including phenoxy) is 1. The number of carbonyl (C=O) groups is 1. The van der Waals surface area contributed by atoms with Crippen molar-refractivity contribution in [3.8, 4) is 11.8 Å². The molecule has 2 aromatic rings. The molecule has 1 N–H and O–H groups in total. The van der Waals surface area contributed by atoms with Crippen LogP contribution < -0.4 is 10.1 Å². The van der Waals surface area contributed by atoms with Crippen molar-refractivity contribution in [3.05, 3.63) is 40.9 Å². The predicted octanol–water partition coefficient (Wildman–Crippen LogP) is 3.65. The maximum absolute atomic E-state index is 12.3. The van der Waals surface area contributed by atoms with Crippen molar-refractivity contribution in [3.63, 3.8) is 0 Å². The van der Waals surface area contributed by atoms with E-state index in [0.717, 1.165) is 31.2 Å². The number of rotatable bonds is 6. The first kappa shape index (κ1) is 19.3. The van der Waals surface area contributed by atoms with Crippen LogP contribution in [0.3, 0.4) is 0 Å². The van der Waals surface area contributed by atoms with Gasteiger partial charge in [-0.1, -0.05) is 6.92 Å². The molecule has 1 atom stereocenters. The molecule has 0 bridgehead atoms. The highest BCUT2D eigenvalue weighted by molar-refractivity contribution is 7.13. The predicted molar refractivity (Wildman–Crippen MR) is 106 cm³/mol. The van der Waals surface area contributed by atoms with Crippen LogP contribution in [0.15, 0.2) is 29.6 Å². The molecule has 1 unspecified atom stereocenters. The van der Waals surface area contributed by atoms with E-state index in [0.29, 0.717) is 16.4 Å². The van der Waals surface area contributed by atoms with Gasteiger partial charge in [-0.3, -0.25) is 15.0 Å². The molecule has 1 aromatic heterocycles. The van der Waals surface area contributed by atoms with Gasteiger partial charge in [-0.25, -0.2) is 4.98 Å². The summed E-state index contributed by atoms with van der Waals surface area (Å²) in [5.41, 5.74) is 1.54. The molecule has 1 amide bonds. The monoisotopic (exact) mass is 384 g/mol. The van der Waals surface area contributed by atoms with Gasteiger partial charge in [0.15, 0.2) is 11.2 Å². The van der Waals surface area contributed by atoms with E-state index in [1.807, 2.05) is 5.38 Å². The van der Waals surface area contributed by atoms with Crippen LogP contribution in [-0.2, 0) is 11.3 Å². The minimum Gasteiger partial charge on any atom is -0.481 e. The van der Waals surface area contributed by atoms with Crippen molar-refractivity contribution in [1.82, 2.24) is 9.88 Å². The van der Waals surface area contributed by atoms with Crippen LogP contribution in [0.1, 0.15) is 37.9 Å². The maximum atomic E-state index is 12.3. The van der Waals surface area contributed by atoms with Gasteiger partial charge in [0.1, 0.15) is 5.75 Å². The molecule has 1 aliphatic heterocycles. The number of hydrogen-bond donors (Lipinski definition) is 1. The fraction of sp³-hybridized carbons (Fsp3) is 0.450. The van der Waals surface area contributed by atoms with Crippen LogP contribution in [0.5, 0.6) is 5.75 Å². The van der Waals surface area contributed by atoms with Crippen LogP contribution in [0.4, 0.5) is 5.13 Å². The van der Waals surface area contributed by atoms with Crippen LogP contribution in [0, 0.1) is 17.2 Å². The molecule has 0 radical (unpaired) electrons. The summed E-state index contributed by atoms with van der Waals surface area (Å²) in [6.45, 7) is 7.04. The zero-order chi connectivity index (χ0) is 19.2. The Morgan fingerprint density at radius 1 is 1.41 bits per heavy atom. The first-order valence-corrected chi connectivity index (χ1v) is 10.1. The molecule has 6 nitrogen and oxygen atoms in total. The minimum absolute atomic E-state index is 0.243. The normalized spacial score (nSPS) is 16.5. The van der Waals surface area contributed by atoms with Gasteiger partial charge in [0.05, 0.1) is 17.3 Å². The third-order valence-corrected chi connectivity index (χ3v) is 5.52. The topological polar surface area (TPSA) is 78.3 Å². The van der Waals surface area contributed by atoms with Crippen molar-refractivity contribution in [2.24, 2.45) is 5.92 Å². The van der Waals surface area contributed by atoms with Crippen LogP contribution >= 0.6 is 11.3 Å². The van der Waals surface area contributed by atoms with Crippen molar-refractivity contribution in [2.75, 3.05) is 18.4 Å². The number of piperidine rings is 1. The van der Waals surface area contributed by atoms with Crippen LogP contribution in [0.2, 0.25) is 0 Å². The van der Waals surface area contributed by atoms with E-state index in [9.17, 15) is 4.79 Å². The molecule has 1 fully saturated rings. The summed E-state index contributed by atoms with van der Waals surface area (Å²) in [4.78, 5) is 19.3. The van der Waals surface area contributed by atoms with Gasteiger partial charge in [0, 0.05) is 11.9 Å². The van der Waals surface area contributed by atoms with Gasteiger partial charge in [0.25, 0.3) is 5.91 Å². The summed E-state index contributed by atoms with van der Waals surface area (Å²) in [5.74, 6) is 1.12. The second-order valence-electron chi connectivity index (χ2n) is 6.99. The zero-order valence-electron chi connectivity index (χ0n) is 15.6. The number of amides is 1. The Kier molecular flexibility index (Phi) is 6.43. The first-order valence-electron chi connectivity index (χ1n) is 9.18. The van der Waals surface area contributed by atoms with E-state index < -0.39 is 6.10 Å². The zero-order valence-corrected chi connectivity index (χ0v) is 16.5. The van der Waals surface area contributed by atoms with Gasteiger partial charge in [0.2, 0.25) is 0 Å². The van der Waals surface area contributed by atoms with Gasteiger partial charge >= 0.3 is 0 Å². The Morgan fingerprint density at radius 3 is 2.78 bits per heavy atom. The fourth-order valence-electron chi connectivity index (χ4n) is 2.96. The van der Waals surface area contributed by atoms with Crippen molar-refractivity contribution < 1.29 is 9.53 Å². The highest BCUT2D eigenvalue weighted by Crippen LogP contribution is 2.21. The lowest BCUT2D eigenvalue weighted by atomic mass is 9.99. The SMILES string of the molecule is CC1CCN(Cc2csc(NC(=O)C(C)Oc3ccc(C#N)cc3)n2)CC1. The molecule has 2 heterocycles. The Hall–Kier alpha value is -2.43. The van der Waals surface area contributed by atoms with E-state index in [1.54, 1.807) is 31.2 Å². The average Bonchev–Trinajstić information content (AvgIpc) is 3.11. The lowest BCUT2D eigenvalue weighted by molar-refractivity contribution is -0.122. The molecule has 1 saturated heterocycles. The molecule has 7 heteroatoms. The number of nitriles is 1. The Balaban J connectivity index is 1.50. The number of nitrogens with one attached hydrogen (secondary N) is 1. The number of carbonyl (C=O) groups excluding carboxylic acids is 1. The van der Waals surface area contributed by atoms with E-state index in [4.69, 9.17) is 10.00 Å². The molecule has 142 valence electrons. The number of anilines is 1. The minimum atomic E-state index is -0.658. The third-order valence-electron chi connectivity index (χ3n) is 4.71. The van der Waals surface area contributed by atoms with Gasteiger partial charge < -0.3 is 4.74 Å². The lowest BCUT2D eigenvalue weighted by Gasteiger charge is -2.29. The van der Waals surface area contributed by atoms with Crippen molar-refractivity contribution >= 4 is 22.4 Å². The highest BCUT2D eigenvalue weighted by atomic mass is 32.1. The molecule has 0 spiro atoms. The molecule has 1 aromatic carbocycles. The molecular formula is C20H24N4O2S. The Morgan fingerprint density at radius 2 is 2.11 bits per heavy atom. The summed E-state index contributed by atoms with van der Waals surface area (Å²) in [7, 11) is 0. The largest absolute Gasteiger partial charge is 0.481 e. The van der Waals surface area contributed by atoms with Crippen molar-refractivity contribution in [1.29, 1.82) is 5.26 Å². The lowest BCUT2D eigenvalue weighted by Crippen LogP contribution is -2.32. The highest BCUT2D eigenvalue weighted by Gasteiger charge is 2.19. The van der Waals surface area contributed by atoms with E-state index in [2.05, 4.69) is 28.2 Å². The Labute approximate surface area is 163 Å². The average molecular weight is 385 g/mol. The molecule has 0 aliphatic carbocycles. The van der Waals surface area contributed by atoms with Gasteiger partial charge in [-0.15, -0.1) is 11.3 Å². The fourth-order valence-corrected chi connectivity index (χ4v) is 3.66. The maximum Gasteiger partial charge on any atom is 0.266 e. The number of thiazole rings is 1. The number of likely N-dealkylation sites (tertiary alicyclic amines) is 1. The molecule has 0 saturated carbocycles. The van der Waals surface area contributed by atoms with E-state index in [-0.39, 0.29) is 5.91 Å². The summed E-state index contributed by atoms with van der Waals surface area (Å²) in [5, 5.41) is 14.2.